The van der Waals surface area contributed by atoms with E-state index in [1.807, 2.05) is 38.1 Å². The second kappa shape index (κ2) is 7.05. The monoisotopic (exact) mass is 306 g/mol. The van der Waals surface area contributed by atoms with Crippen molar-refractivity contribution < 1.29 is 9.53 Å². The summed E-state index contributed by atoms with van der Waals surface area (Å²) >= 11 is 0. The van der Waals surface area contributed by atoms with Gasteiger partial charge in [0.25, 0.3) is 0 Å². The maximum absolute atomic E-state index is 12.2. The summed E-state index contributed by atoms with van der Waals surface area (Å²) in [5.74, 6) is 0. The highest BCUT2D eigenvalue weighted by Crippen LogP contribution is 2.20. The second-order valence-corrected chi connectivity index (χ2v) is 6.87. The summed E-state index contributed by atoms with van der Waals surface area (Å²) in [7, 11) is 0. The average Bonchev–Trinajstić information content (AvgIpc) is 2.44. The molecule has 1 fully saturated rings. The van der Waals surface area contributed by atoms with Gasteiger partial charge >= 0.3 is 6.09 Å². The molecule has 0 bridgehead atoms. The third kappa shape index (κ3) is 4.94. The van der Waals surface area contributed by atoms with E-state index in [1.165, 1.54) is 6.33 Å². The summed E-state index contributed by atoms with van der Waals surface area (Å²) in [5.41, 5.74) is 0.629. The van der Waals surface area contributed by atoms with Gasteiger partial charge in [-0.2, -0.15) is 0 Å². The van der Waals surface area contributed by atoms with Crippen LogP contribution in [0.1, 0.15) is 46.1 Å². The number of hydrogen-bond acceptors (Lipinski definition) is 5. The Bertz CT molecular complexity index is 487. The number of hydrogen-bond donors (Lipinski definition) is 1. The van der Waals surface area contributed by atoms with E-state index in [4.69, 9.17) is 4.74 Å². The Kier molecular flexibility index (Phi) is 5.34. The molecule has 0 radical (unpaired) electrons. The van der Waals surface area contributed by atoms with Crippen LogP contribution in [0, 0.1) is 0 Å². The molecule has 2 unspecified atom stereocenters. The SMILES string of the molecule is CC1CC(NCc2cncnc2)CCN1C(=O)OC(C)(C)C. The van der Waals surface area contributed by atoms with Gasteiger partial charge in [0, 0.05) is 43.1 Å². The summed E-state index contributed by atoms with van der Waals surface area (Å²) in [4.78, 5) is 22.0. The van der Waals surface area contributed by atoms with Gasteiger partial charge < -0.3 is 15.0 Å². The van der Waals surface area contributed by atoms with Gasteiger partial charge in [0.05, 0.1) is 0 Å². The molecule has 2 atom stereocenters. The third-order valence-corrected chi connectivity index (χ3v) is 3.71. The van der Waals surface area contributed by atoms with E-state index >= 15 is 0 Å². The van der Waals surface area contributed by atoms with Crippen molar-refractivity contribution in [1.29, 1.82) is 0 Å². The normalized spacial score (nSPS) is 22.5. The van der Waals surface area contributed by atoms with Gasteiger partial charge in [-0.1, -0.05) is 0 Å². The first-order chi connectivity index (χ1) is 10.3. The highest BCUT2D eigenvalue weighted by molar-refractivity contribution is 5.68. The largest absolute Gasteiger partial charge is 0.444 e. The Morgan fingerprint density at radius 2 is 2.09 bits per heavy atom. The van der Waals surface area contributed by atoms with Crippen molar-refractivity contribution >= 4 is 6.09 Å². The van der Waals surface area contributed by atoms with E-state index in [0.717, 1.165) is 31.5 Å². The number of ether oxygens (including phenoxy) is 1. The molecule has 2 rings (SSSR count). The molecule has 0 saturated carbocycles. The molecule has 1 aromatic heterocycles. The smallest absolute Gasteiger partial charge is 0.410 e. The maximum atomic E-state index is 12.2. The molecule has 1 amide bonds. The number of carbonyl (C=O) groups is 1. The van der Waals surface area contributed by atoms with E-state index in [-0.39, 0.29) is 12.1 Å². The first kappa shape index (κ1) is 16.7. The average molecular weight is 306 g/mol. The van der Waals surface area contributed by atoms with Crippen LogP contribution >= 0.6 is 0 Å². The molecule has 1 aromatic rings. The molecule has 1 aliphatic rings. The molecule has 22 heavy (non-hydrogen) atoms. The van der Waals surface area contributed by atoms with Gasteiger partial charge in [-0.3, -0.25) is 0 Å². The Morgan fingerprint density at radius 3 is 2.68 bits per heavy atom. The molecule has 1 N–H and O–H groups in total. The van der Waals surface area contributed by atoms with Gasteiger partial charge in [-0.05, 0) is 40.5 Å². The van der Waals surface area contributed by atoms with Crippen molar-refractivity contribution in [3.63, 3.8) is 0 Å². The summed E-state index contributed by atoms with van der Waals surface area (Å²) in [6.45, 7) is 9.23. The van der Waals surface area contributed by atoms with Crippen LogP contribution in [0.4, 0.5) is 4.79 Å². The fourth-order valence-corrected chi connectivity index (χ4v) is 2.63. The summed E-state index contributed by atoms with van der Waals surface area (Å²) in [6, 6.07) is 0.571. The van der Waals surface area contributed by atoms with E-state index in [1.54, 1.807) is 0 Å². The van der Waals surface area contributed by atoms with Crippen LogP contribution < -0.4 is 5.32 Å². The molecule has 1 aliphatic heterocycles. The van der Waals surface area contributed by atoms with Gasteiger partial charge in [0.15, 0.2) is 0 Å². The van der Waals surface area contributed by atoms with Crippen molar-refractivity contribution in [2.75, 3.05) is 6.54 Å². The molecule has 0 aliphatic carbocycles. The quantitative estimate of drug-likeness (QED) is 0.928. The minimum atomic E-state index is -0.445. The molecule has 2 heterocycles. The zero-order chi connectivity index (χ0) is 16.2. The van der Waals surface area contributed by atoms with Crippen molar-refractivity contribution in [3.05, 3.63) is 24.3 Å². The molecule has 6 heteroatoms. The molecule has 1 saturated heterocycles. The lowest BCUT2D eigenvalue weighted by atomic mass is 9.98. The Balaban J connectivity index is 1.81. The minimum absolute atomic E-state index is 0.174. The van der Waals surface area contributed by atoms with Crippen LogP contribution in [0.15, 0.2) is 18.7 Å². The lowest BCUT2D eigenvalue weighted by molar-refractivity contribution is 0.00932. The number of amides is 1. The van der Waals surface area contributed by atoms with Crippen LogP contribution in [0.3, 0.4) is 0 Å². The van der Waals surface area contributed by atoms with Crippen molar-refractivity contribution in [1.82, 2.24) is 20.2 Å². The van der Waals surface area contributed by atoms with Gasteiger partial charge in [0.2, 0.25) is 0 Å². The Labute approximate surface area is 132 Å². The highest BCUT2D eigenvalue weighted by Gasteiger charge is 2.31. The topological polar surface area (TPSA) is 67.4 Å². The zero-order valence-electron chi connectivity index (χ0n) is 13.9. The van der Waals surface area contributed by atoms with Crippen LogP contribution in [0.25, 0.3) is 0 Å². The lowest BCUT2D eigenvalue weighted by Gasteiger charge is -2.38. The third-order valence-electron chi connectivity index (χ3n) is 3.71. The second-order valence-electron chi connectivity index (χ2n) is 6.87. The fraction of sp³-hybridized carbons (Fsp3) is 0.688. The standard InChI is InChI=1S/C16H26N4O2/c1-12-7-14(19-10-13-8-17-11-18-9-13)5-6-20(12)15(21)22-16(2,3)4/h8-9,11-12,14,19H,5-7,10H2,1-4H3. The van der Waals surface area contributed by atoms with Gasteiger partial charge in [0.1, 0.15) is 11.9 Å². The molecule has 0 aromatic carbocycles. The number of likely N-dealkylation sites (tertiary alicyclic amines) is 1. The zero-order valence-corrected chi connectivity index (χ0v) is 13.9. The summed E-state index contributed by atoms with van der Waals surface area (Å²) in [5, 5.41) is 3.52. The fourth-order valence-electron chi connectivity index (χ4n) is 2.63. The number of nitrogens with zero attached hydrogens (tertiary/aromatic N) is 3. The summed E-state index contributed by atoms with van der Waals surface area (Å²) < 4.78 is 5.46. The molecule has 122 valence electrons. The first-order valence-corrected chi connectivity index (χ1v) is 7.82. The van der Waals surface area contributed by atoms with Gasteiger partial charge in [-0.25, -0.2) is 14.8 Å². The van der Waals surface area contributed by atoms with Gasteiger partial charge in [-0.15, -0.1) is 0 Å². The molecular weight excluding hydrogens is 280 g/mol. The molecule has 0 spiro atoms. The first-order valence-electron chi connectivity index (χ1n) is 7.82. The van der Waals surface area contributed by atoms with E-state index in [9.17, 15) is 4.79 Å². The van der Waals surface area contributed by atoms with Crippen LogP contribution in [-0.2, 0) is 11.3 Å². The van der Waals surface area contributed by atoms with E-state index in [0.29, 0.717) is 6.04 Å². The van der Waals surface area contributed by atoms with E-state index in [2.05, 4.69) is 22.2 Å². The number of piperidine rings is 1. The predicted molar refractivity (Wildman–Crippen MR) is 84.3 cm³/mol. The Morgan fingerprint density at radius 1 is 1.41 bits per heavy atom. The maximum Gasteiger partial charge on any atom is 0.410 e. The lowest BCUT2D eigenvalue weighted by Crippen LogP contribution is -2.50. The van der Waals surface area contributed by atoms with Crippen LogP contribution in [-0.4, -0.2) is 45.2 Å². The number of rotatable bonds is 3. The van der Waals surface area contributed by atoms with Crippen molar-refractivity contribution in [2.45, 2.75) is 64.8 Å². The number of carbonyl (C=O) groups excluding carboxylic acids is 1. The minimum Gasteiger partial charge on any atom is -0.444 e. The summed E-state index contributed by atoms with van der Waals surface area (Å²) in [6.07, 6.45) is 6.81. The van der Waals surface area contributed by atoms with Crippen molar-refractivity contribution in [3.8, 4) is 0 Å². The highest BCUT2D eigenvalue weighted by atomic mass is 16.6. The number of nitrogens with one attached hydrogen (secondary N) is 1. The van der Waals surface area contributed by atoms with Crippen molar-refractivity contribution in [2.24, 2.45) is 0 Å². The predicted octanol–water partition coefficient (Wildman–Crippen LogP) is 2.35. The molecule has 6 nitrogen and oxygen atoms in total. The van der Waals surface area contributed by atoms with Crippen LogP contribution in [0.5, 0.6) is 0 Å². The molecular formula is C16H26N4O2. The Hall–Kier alpha value is -1.69. The van der Waals surface area contributed by atoms with E-state index < -0.39 is 5.60 Å². The number of aromatic nitrogens is 2. The van der Waals surface area contributed by atoms with Crippen LogP contribution in [0.2, 0.25) is 0 Å².